The Labute approximate surface area is 114 Å². The first kappa shape index (κ1) is 15.0. The Morgan fingerprint density at radius 3 is 2.53 bits per heavy atom. The standard InChI is InChI=1S/C16H19NO2/c1-5-7-15(18)17-14-9-8-12(6-2)10-13(14)16(19)11(3)4/h8-11H,6H2,1-4H3,(H,17,18). The van der Waals surface area contributed by atoms with E-state index in [4.69, 9.17) is 0 Å². The van der Waals surface area contributed by atoms with Crippen LogP contribution in [-0.4, -0.2) is 11.7 Å². The summed E-state index contributed by atoms with van der Waals surface area (Å²) in [4.78, 5) is 23.7. The fourth-order valence-electron chi connectivity index (χ4n) is 1.70. The zero-order valence-electron chi connectivity index (χ0n) is 11.8. The molecule has 0 aliphatic rings. The molecule has 3 nitrogen and oxygen atoms in total. The van der Waals surface area contributed by atoms with E-state index < -0.39 is 5.91 Å². The van der Waals surface area contributed by atoms with Crippen LogP contribution in [-0.2, 0) is 11.2 Å². The lowest BCUT2D eigenvalue weighted by molar-refractivity contribution is -0.111. The molecule has 19 heavy (non-hydrogen) atoms. The SMILES string of the molecule is CC#CC(=O)Nc1ccc(CC)cc1C(=O)C(C)C. The molecular formula is C16H19NO2. The van der Waals surface area contributed by atoms with Crippen molar-refractivity contribution < 1.29 is 9.59 Å². The number of nitrogens with one attached hydrogen (secondary N) is 1. The van der Waals surface area contributed by atoms with E-state index >= 15 is 0 Å². The Balaban J connectivity index is 3.18. The van der Waals surface area contributed by atoms with Crippen LogP contribution in [0.15, 0.2) is 18.2 Å². The monoisotopic (exact) mass is 257 g/mol. The number of benzene rings is 1. The fourth-order valence-corrected chi connectivity index (χ4v) is 1.70. The highest BCUT2D eigenvalue weighted by Gasteiger charge is 2.16. The number of rotatable bonds is 4. The molecule has 0 bridgehead atoms. The van der Waals surface area contributed by atoms with Crippen LogP contribution < -0.4 is 5.32 Å². The molecule has 0 heterocycles. The molecule has 1 N–H and O–H groups in total. The first-order valence-corrected chi connectivity index (χ1v) is 6.40. The summed E-state index contributed by atoms with van der Waals surface area (Å²) in [5, 5.41) is 2.67. The molecule has 0 unspecified atom stereocenters. The minimum atomic E-state index is -0.399. The van der Waals surface area contributed by atoms with E-state index in [2.05, 4.69) is 17.2 Å². The molecule has 1 rings (SSSR count). The Hall–Kier alpha value is -2.08. The van der Waals surface area contributed by atoms with Crippen molar-refractivity contribution in [1.82, 2.24) is 0 Å². The molecule has 3 heteroatoms. The summed E-state index contributed by atoms with van der Waals surface area (Å²) in [6, 6.07) is 5.52. The molecule has 100 valence electrons. The second-order valence-corrected chi connectivity index (χ2v) is 4.58. The van der Waals surface area contributed by atoms with Crippen LogP contribution in [0.1, 0.15) is 43.6 Å². The molecule has 0 aliphatic carbocycles. The van der Waals surface area contributed by atoms with E-state index in [-0.39, 0.29) is 11.7 Å². The quantitative estimate of drug-likeness (QED) is 0.665. The minimum Gasteiger partial charge on any atom is -0.314 e. The van der Waals surface area contributed by atoms with Crippen LogP contribution in [0.4, 0.5) is 5.69 Å². The average molecular weight is 257 g/mol. The van der Waals surface area contributed by atoms with Gasteiger partial charge in [0.2, 0.25) is 0 Å². The average Bonchev–Trinajstić information content (AvgIpc) is 2.38. The molecule has 0 aliphatic heterocycles. The van der Waals surface area contributed by atoms with Gasteiger partial charge in [-0.15, -0.1) is 0 Å². The van der Waals surface area contributed by atoms with Crippen molar-refractivity contribution in [3.8, 4) is 11.8 Å². The predicted molar refractivity (Wildman–Crippen MR) is 77.1 cm³/mol. The van der Waals surface area contributed by atoms with Gasteiger partial charge in [0.15, 0.2) is 5.78 Å². The molecule has 0 aromatic heterocycles. The van der Waals surface area contributed by atoms with Gasteiger partial charge in [-0.1, -0.05) is 32.8 Å². The Morgan fingerprint density at radius 1 is 1.32 bits per heavy atom. The van der Waals surface area contributed by atoms with Gasteiger partial charge in [0.05, 0.1) is 5.69 Å². The Kier molecular flexibility index (Phi) is 5.32. The molecule has 1 amide bonds. The second kappa shape index (κ2) is 6.75. The summed E-state index contributed by atoms with van der Waals surface area (Å²) in [5.74, 6) is 4.45. The van der Waals surface area contributed by atoms with Crippen molar-refractivity contribution in [3.63, 3.8) is 0 Å². The zero-order chi connectivity index (χ0) is 14.4. The van der Waals surface area contributed by atoms with Crippen molar-refractivity contribution in [2.24, 2.45) is 5.92 Å². The normalized spacial score (nSPS) is 9.74. The largest absolute Gasteiger partial charge is 0.314 e. The molecule has 0 atom stereocenters. The Morgan fingerprint density at radius 2 is 2.00 bits per heavy atom. The van der Waals surface area contributed by atoms with E-state index in [1.165, 1.54) is 0 Å². The lowest BCUT2D eigenvalue weighted by atomic mass is 9.97. The molecular weight excluding hydrogens is 238 g/mol. The molecule has 0 saturated carbocycles. The second-order valence-electron chi connectivity index (χ2n) is 4.58. The Bertz CT molecular complexity index is 548. The highest BCUT2D eigenvalue weighted by molar-refractivity contribution is 6.09. The number of hydrogen-bond donors (Lipinski definition) is 1. The van der Waals surface area contributed by atoms with Gasteiger partial charge in [0, 0.05) is 11.5 Å². The van der Waals surface area contributed by atoms with E-state index in [9.17, 15) is 9.59 Å². The number of aryl methyl sites for hydroxylation is 1. The summed E-state index contributed by atoms with van der Waals surface area (Å²) >= 11 is 0. The number of carbonyl (C=O) groups excluding carboxylic acids is 2. The molecule has 1 aromatic rings. The maximum Gasteiger partial charge on any atom is 0.300 e. The molecule has 0 radical (unpaired) electrons. The van der Waals surface area contributed by atoms with Gasteiger partial charge < -0.3 is 5.32 Å². The highest BCUT2D eigenvalue weighted by atomic mass is 16.1. The predicted octanol–water partition coefficient (Wildman–Crippen LogP) is 3.05. The smallest absolute Gasteiger partial charge is 0.300 e. The lowest BCUT2D eigenvalue weighted by Crippen LogP contribution is -2.15. The van der Waals surface area contributed by atoms with Crippen molar-refractivity contribution in [3.05, 3.63) is 29.3 Å². The fraction of sp³-hybridized carbons (Fsp3) is 0.375. The van der Waals surface area contributed by atoms with Gasteiger partial charge in [0.25, 0.3) is 5.91 Å². The van der Waals surface area contributed by atoms with Crippen molar-refractivity contribution in [1.29, 1.82) is 0 Å². The van der Waals surface area contributed by atoms with Gasteiger partial charge in [-0.25, -0.2) is 0 Å². The number of hydrogen-bond acceptors (Lipinski definition) is 2. The number of carbonyl (C=O) groups is 2. The van der Waals surface area contributed by atoms with Gasteiger partial charge in [-0.2, -0.15) is 0 Å². The van der Waals surface area contributed by atoms with E-state index in [1.807, 2.05) is 32.9 Å². The van der Waals surface area contributed by atoms with Gasteiger partial charge in [-0.05, 0) is 37.0 Å². The van der Waals surface area contributed by atoms with Crippen LogP contribution in [0.25, 0.3) is 0 Å². The summed E-state index contributed by atoms with van der Waals surface area (Å²) in [6.07, 6.45) is 0.849. The molecule has 0 fully saturated rings. The van der Waals surface area contributed by atoms with Crippen LogP contribution in [0.2, 0.25) is 0 Å². The minimum absolute atomic E-state index is 0.0232. The van der Waals surface area contributed by atoms with Gasteiger partial charge in [0.1, 0.15) is 0 Å². The number of amides is 1. The first-order chi connectivity index (χ1) is 8.99. The zero-order valence-corrected chi connectivity index (χ0v) is 11.8. The number of ketones is 1. The van der Waals surface area contributed by atoms with Crippen LogP contribution in [0.5, 0.6) is 0 Å². The van der Waals surface area contributed by atoms with E-state index in [1.54, 1.807) is 13.0 Å². The molecule has 0 spiro atoms. The van der Waals surface area contributed by atoms with Crippen molar-refractivity contribution in [2.45, 2.75) is 34.1 Å². The van der Waals surface area contributed by atoms with Crippen LogP contribution in [0, 0.1) is 17.8 Å². The highest BCUT2D eigenvalue weighted by Crippen LogP contribution is 2.21. The van der Waals surface area contributed by atoms with Crippen molar-refractivity contribution >= 4 is 17.4 Å². The van der Waals surface area contributed by atoms with Crippen molar-refractivity contribution in [2.75, 3.05) is 5.32 Å². The summed E-state index contributed by atoms with van der Waals surface area (Å²) in [5.41, 5.74) is 2.16. The number of Topliss-reactive ketones (excluding diaryl/α,β-unsaturated/α-hetero) is 1. The van der Waals surface area contributed by atoms with Gasteiger partial charge >= 0.3 is 0 Å². The lowest BCUT2D eigenvalue weighted by Gasteiger charge is -2.12. The first-order valence-electron chi connectivity index (χ1n) is 6.40. The third-order valence-electron chi connectivity index (χ3n) is 2.77. The summed E-state index contributed by atoms with van der Waals surface area (Å²) < 4.78 is 0. The summed E-state index contributed by atoms with van der Waals surface area (Å²) in [6.45, 7) is 7.32. The molecule has 1 aromatic carbocycles. The third kappa shape index (κ3) is 3.96. The van der Waals surface area contributed by atoms with Crippen LogP contribution >= 0.6 is 0 Å². The molecule has 0 saturated heterocycles. The van der Waals surface area contributed by atoms with Crippen LogP contribution in [0.3, 0.4) is 0 Å². The topological polar surface area (TPSA) is 46.2 Å². The van der Waals surface area contributed by atoms with E-state index in [0.29, 0.717) is 11.3 Å². The maximum atomic E-state index is 12.2. The number of anilines is 1. The van der Waals surface area contributed by atoms with Gasteiger partial charge in [-0.3, -0.25) is 9.59 Å². The third-order valence-corrected chi connectivity index (χ3v) is 2.77. The summed E-state index contributed by atoms with van der Waals surface area (Å²) in [7, 11) is 0. The maximum absolute atomic E-state index is 12.2. The van der Waals surface area contributed by atoms with E-state index in [0.717, 1.165) is 12.0 Å².